The summed E-state index contributed by atoms with van der Waals surface area (Å²) in [5.41, 5.74) is 1.09. The predicted octanol–water partition coefficient (Wildman–Crippen LogP) is 2.94. The van der Waals surface area contributed by atoms with Crippen molar-refractivity contribution in [2.75, 3.05) is 18.4 Å². The molecule has 1 amide bonds. The van der Waals surface area contributed by atoms with Gasteiger partial charge in [-0.2, -0.15) is 5.26 Å². The highest BCUT2D eigenvalue weighted by Gasteiger charge is 2.25. The van der Waals surface area contributed by atoms with Crippen molar-refractivity contribution in [3.05, 3.63) is 36.5 Å². The molecule has 112 valence electrons. The number of nitrogens with one attached hydrogen (secondary N) is 1. The number of thiazole rings is 1. The van der Waals surface area contributed by atoms with Crippen molar-refractivity contribution < 1.29 is 4.79 Å². The van der Waals surface area contributed by atoms with Crippen LogP contribution in [0.3, 0.4) is 0 Å². The maximum absolute atomic E-state index is 12.3. The molecule has 3 rings (SSSR count). The van der Waals surface area contributed by atoms with Gasteiger partial charge in [0.15, 0.2) is 11.3 Å². The summed E-state index contributed by atoms with van der Waals surface area (Å²) in [7, 11) is 0. The van der Waals surface area contributed by atoms with Crippen LogP contribution in [0.1, 0.15) is 12.8 Å². The molecule has 1 saturated heterocycles. The van der Waals surface area contributed by atoms with Gasteiger partial charge in [0, 0.05) is 19.3 Å². The Morgan fingerprint density at radius 3 is 3.00 bits per heavy atom. The maximum Gasteiger partial charge on any atom is 0.231 e. The van der Waals surface area contributed by atoms with Gasteiger partial charge in [-0.25, -0.2) is 4.98 Å². The summed E-state index contributed by atoms with van der Waals surface area (Å²) in [5, 5.41) is 12.4. The lowest BCUT2D eigenvalue weighted by molar-refractivity contribution is -0.121. The molecule has 1 aliphatic heterocycles. The van der Waals surface area contributed by atoms with Gasteiger partial charge in [0.2, 0.25) is 5.91 Å². The molecule has 1 aromatic carbocycles. The van der Waals surface area contributed by atoms with E-state index in [1.807, 2.05) is 30.3 Å². The summed E-state index contributed by atoms with van der Waals surface area (Å²) < 4.78 is 0. The normalized spacial score (nSPS) is 17.8. The molecule has 0 saturated carbocycles. The standard InChI is InChI=1S/C16H16N4OS/c17-11-20-8-4-7-13(10-20)15(21)19-16-18-9-14(22-16)12-5-2-1-3-6-12/h1-3,5-6,9,13H,4,7-8,10H2,(H,18,19,21)/t13-/m1/s1. The van der Waals surface area contributed by atoms with Gasteiger partial charge < -0.3 is 10.2 Å². The summed E-state index contributed by atoms with van der Waals surface area (Å²) in [4.78, 5) is 19.2. The summed E-state index contributed by atoms with van der Waals surface area (Å²) in [6.45, 7) is 1.24. The van der Waals surface area contributed by atoms with Gasteiger partial charge in [0.05, 0.1) is 10.8 Å². The molecule has 6 heteroatoms. The lowest BCUT2D eigenvalue weighted by Gasteiger charge is -2.27. The smallest absolute Gasteiger partial charge is 0.231 e. The van der Waals surface area contributed by atoms with E-state index in [0.29, 0.717) is 11.7 Å². The minimum Gasteiger partial charge on any atom is -0.310 e. The van der Waals surface area contributed by atoms with Crippen molar-refractivity contribution in [3.8, 4) is 16.6 Å². The Bertz CT molecular complexity index is 692. The number of benzene rings is 1. The first kappa shape index (κ1) is 14.5. The van der Waals surface area contributed by atoms with Gasteiger partial charge in [-0.05, 0) is 18.4 Å². The van der Waals surface area contributed by atoms with Crippen molar-refractivity contribution in [1.29, 1.82) is 5.26 Å². The Hall–Kier alpha value is -2.39. The van der Waals surface area contributed by atoms with Crippen LogP contribution in [0.4, 0.5) is 5.13 Å². The van der Waals surface area contributed by atoms with Gasteiger partial charge in [-0.15, -0.1) is 0 Å². The molecule has 22 heavy (non-hydrogen) atoms. The van der Waals surface area contributed by atoms with Crippen molar-refractivity contribution >= 4 is 22.4 Å². The fourth-order valence-corrected chi connectivity index (χ4v) is 3.38. The third kappa shape index (κ3) is 3.26. The van der Waals surface area contributed by atoms with E-state index in [4.69, 9.17) is 5.26 Å². The zero-order valence-corrected chi connectivity index (χ0v) is 12.8. The first-order valence-electron chi connectivity index (χ1n) is 7.23. The van der Waals surface area contributed by atoms with Crippen molar-refractivity contribution in [1.82, 2.24) is 9.88 Å². The van der Waals surface area contributed by atoms with Crippen LogP contribution in [0, 0.1) is 17.4 Å². The third-order valence-corrected chi connectivity index (χ3v) is 4.69. The second kappa shape index (κ2) is 6.58. The molecule has 2 aromatic rings. The number of nitrogens with zero attached hydrogens (tertiary/aromatic N) is 3. The van der Waals surface area contributed by atoms with Crippen LogP contribution < -0.4 is 5.32 Å². The molecular formula is C16H16N4OS. The van der Waals surface area contributed by atoms with Gasteiger partial charge in [0.25, 0.3) is 0 Å². The van der Waals surface area contributed by atoms with E-state index in [-0.39, 0.29) is 11.8 Å². The molecule has 0 bridgehead atoms. The Kier molecular flexibility index (Phi) is 4.35. The van der Waals surface area contributed by atoms with E-state index in [1.165, 1.54) is 11.3 Å². The van der Waals surface area contributed by atoms with Crippen molar-refractivity contribution in [2.24, 2.45) is 5.92 Å². The number of carbonyl (C=O) groups excluding carboxylic acids is 1. The minimum atomic E-state index is -0.141. The Balaban J connectivity index is 1.65. The second-order valence-electron chi connectivity index (χ2n) is 5.27. The summed E-state index contributed by atoms with van der Waals surface area (Å²) >= 11 is 1.46. The molecule has 1 fully saturated rings. The van der Waals surface area contributed by atoms with E-state index in [2.05, 4.69) is 16.5 Å². The Labute approximate surface area is 133 Å². The number of hydrogen-bond acceptors (Lipinski definition) is 5. The topological polar surface area (TPSA) is 69.0 Å². The molecule has 1 N–H and O–H groups in total. The number of carbonyl (C=O) groups is 1. The van der Waals surface area contributed by atoms with Gasteiger partial charge in [0.1, 0.15) is 0 Å². The molecule has 0 unspecified atom stereocenters. The van der Waals surface area contributed by atoms with Crippen LogP contribution in [0.15, 0.2) is 36.5 Å². The number of hydrogen-bond donors (Lipinski definition) is 1. The van der Waals surface area contributed by atoms with Gasteiger partial charge >= 0.3 is 0 Å². The van der Waals surface area contributed by atoms with Crippen molar-refractivity contribution in [3.63, 3.8) is 0 Å². The number of aromatic nitrogens is 1. The maximum atomic E-state index is 12.3. The van der Waals surface area contributed by atoms with Crippen LogP contribution in [0.5, 0.6) is 0 Å². The number of anilines is 1. The van der Waals surface area contributed by atoms with Crippen LogP contribution in [0.2, 0.25) is 0 Å². The fourth-order valence-electron chi connectivity index (χ4n) is 2.56. The monoisotopic (exact) mass is 312 g/mol. The highest BCUT2D eigenvalue weighted by Crippen LogP contribution is 2.29. The highest BCUT2D eigenvalue weighted by atomic mass is 32.1. The molecule has 1 atom stereocenters. The van der Waals surface area contributed by atoms with E-state index < -0.39 is 0 Å². The van der Waals surface area contributed by atoms with Crippen molar-refractivity contribution in [2.45, 2.75) is 12.8 Å². The lowest BCUT2D eigenvalue weighted by Crippen LogP contribution is -2.38. The fraction of sp³-hybridized carbons (Fsp3) is 0.312. The van der Waals surface area contributed by atoms with Crippen LogP contribution >= 0.6 is 11.3 Å². The first-order valence-corrected chi connectivity index (χ1v) is 8.04. The van der Waals surface area contributed by atoms with Gasteiger partial charge in [-0.3, -0.25) is 4.79 Å². The second-order valence-corrected chi connectivity index (χ2v) is 6.30. The number of likely N-dealkylation sites (tertiary alicyclic amines) is 1. The van der Waals surface area contributed by atoms with E-state index in [0.717, 1.165) is 29.8 Å². The molecule has 0 spiro atoms. The van der Waals surface area contributed by atoms with Gasteiger partial charge in [-0.1, -0.05) is 41.7 Å². The number of piperidine rings is 1. The zero-order valence-electron chi connectivity index (χ0n) is 12.0. The molecular weight excluding hydrogens is 296 g/mol. The van der Waals surface area contributed by atoms with E-state index in [1.54, 1.807) is 11.1 Å². The average molecular weight is 312 g/mol. The molecule has 2 heterocycles. The minimum absolute atomic E-state index is 0.0473. The summed E-state index contributed by atoms with van der Waals surface area (Å²) in [6.07, 6.45) is 5.59. The Morgan fingerprint density at radius 2 is 2.23 bits per heavy atom. The molecule has 5 nitrogen and oxygen atoms in total. The van der Waals surface area contributed by atoms with Crippen LogP contribution in [-0.4, -0.2) is 28.9 Å². The number of amides is 1. The van der Waals surface area contributed by atoms with Crippen LogP contribution in [0.25, 0.3) is 10.4 Å². The average Bonchev–Trinajstić information content (AvgIpc) is 3.04. The summed E-state index contributed by atoms with van der Waals surface area (Å²) in [5.74, 6) is -0.189. The molecule has 1 aromatic heterocycles. The number of nitriles is 1. The summed E-state index contributed by atoms with van der Waals surface area (Å²) in [6, 6.07) is 9.96. The van der Waals surface area contributed by atoms with Crippen LogP contribution in [-0.2, 0) is 4.79 Å². The molecule has 1 aliphatic rings. The van der Waals surface area contributed by atoms with E-state index in [9.17, 15) is 4.79 Å². The Morgan fingerprint density at radius 1 is 1.41 bits per heavy atom. The molecule has 0 radical (unpaired) electrons. The zero-order chi connectivity index (χ0) is 15.4. The molecule has 0 aliphatic carbocycles. The number of rotatable bonds is 3. The third-order valence-electron chi connectivity index (χ3n) is 3.73. The quantitative estimate of drug-likeness (QED) is 0.885. The highest BCUT2D eigenvalue weighted by molar-refractivity contribution is 7.19. The lowest BCUT2D eigenvalue weighted by atomic mass is 9.98. The SMILES string of the molecule is N#CN1CCC[C@@H](C(=O)Nc2ncc(-c3ccccc3)s2)C1. The largest absolute Gasteiger partial charge is 0.310 e. The van der Waals surface area contributed by atoms with E-state index >= 15 is 0 Å². The predicted molar refractivity (Wildman–Crippen MR) is 86.1 cm³/mol. The first-order chi connectivity index (χ1) is 10.8.